The van der Waals surface area contributed by atoms with Crippen LogP contribution in [-0.4, -0.2) is 36.1 Å². The van der Waals surface area contributed by atoms with E-state index in [4.69, 9.17) is 21.6 Å². The average molecular weight is 429 g/mol. The van der Waals surface area contributed by atoms with Crippen molar-refractivity contribution in [2.24, 2.45) is 0 Å². The first-order valence-corrected chi connectivity index (χ1v) is 11.4. The first-order chi connectivity index (χ1) is 13.5. The molecule has 4 nitrogen and oxygen atoms in total. The standard InChI is InChI=1S/C21H21ClN4S2/c1-12-10-14(3)17-16(11-12)27-20(23-17)25-6-8-26(9-7-25)21-24-18-13(2)4-5-15(22)19(18)28-21/h4-5,10-11H,6-9H2,1-3H3. The van der Waals surface area contributed by atoms with Crippen molar-refractivity contribution in [3.63, 3.8) is 0 Å². The van der Waals surface area contributed by atoms with Gasteiger partial charge in [0.25, 0.3) is 0 Å². The van der Waals surface area contributed by atoms with Gasteiger partial charge in [-0.1, -0.05) is 46.4 Å². The maximum Gasteiger partial charge on any atom is 0.186 e. The fourth-order valence-corrected chi connectivity index (χ4v) is 6.37. The number of halogens is 1. The Bertz CT molecular complexity index is 1150. The predicted molar refractivity (Wildman–Crippen MR) is 123 cm³/mol. The average Bonchev–Trinajstić information content (AvgIpc) is 3.30. The van der Waals surface area contributed by atoms with Gasteiger partial charge < -0.3 is 9.80 Å². The third-order valence-corrected chi connectivity index (χ3v) is 7.96. The zero-order valence-corrected chi connectivity index (χ0v) is 18.5. The molecule has 5 rings (SSSR count). The van der Waals surface area contributed by atoms with E-state index < -0.39 is 0 Å². The zero-order valence-electron chi connectivity index (χ0n) is 16.1. The maximum atomic E-state index is 6.38. The molecule has 0 bridgehead atoms. The molecule has 1 aliphatic rings. The van der Waals surface area contributed by atoms with E-state index in [0.717, 1.165) is 57.2 Å². The van der Waals surface area contributed by atoms with Crippen molar-refractivity contribution < 1.29 is 0 Å². The van der Waals surface area contributed by atoms with Crippen molar-refractivity contribution in [2.75, 3.05) is 36.0 Å². The Morgan fingerprint density at radius 1 is 0.821 bits per heavy atom. The Balaban J connectivity index is 1.37. The zero-order chi connectivity index (χ0) is 19.4. The van der Waals surface area contributed by atoms with Crippen LogP contribution in [0.15, 0.2) is 24.3 Å². The fraction of sp³-hybridized carbons (Fsp3) is 0.333. The van der Waals surface area contributed by atoms with E-state index in [-0.39, 0.29) is 0 Å². The van der Waals surface area contributed by atoms with Gasteiger partial charge in [0.05, 0.1) is 25.5 Å². The van der Waals surface area contributed by atoms with Crippen LogP contribution in [0.4, 0.5) is 10.3 Å². The summed E-state index contributed by atoms with van der Waals surface area (Å²) in [4.78, 5) is 14.6. The summed E-state index contributed by atoms with van der Waals surface area (Å²) in [6, 6.07) is 8.47. The van der Waals surface area contributed by atoms with Crippen LogP contribution in [0.2, 0.25) is 5.02 Å². The maximum absolute atomic E-state index is 6.38. The Morgan fingerprint density at radius 2 is 1.46 bits per heavy atom. The third-order valence-electron chi connectivity index (χ3n) is 5.33. The Kier molecular flexibility index (Phi) is 4.45. The molecule has 28 heavy (non-hydrogen) atoms. The molecule has 3 heterocycles. The molecular weight excluding hydrogens is 408 g/mol. The molecule has 0 N–H and O–H groups in total. The van der Waals surface area contributed by atoms with E-state index in [1.54, 1.807) is 22.7 Å². The topological polar surface area (TPSA) is 32.3 Å². The van der Waals surface area contributed by atoms with Crippen molar-refractivity contribution in [1.29, 1.82) is 0 Å². The lowest BCUT2D eigenvalue weighted by molar-refractivity contribution is 0.651. The van der Waals surface area contributed by atoms with Gasteiger partial charge in [-0.3, -0.25) is 0 Å². The van der Waals surface area contributed by atoms with Crippen molar-refractivity contribution in [3.8, 4) is 0 Å². The van der Waals surface area contributed by atoms with Gasteiger partial charge in [0.1, 0.15) is 0 Å². The SMILES string of the molecule is Cc1cc(C)c2nc(N3CCN(c4nc5c(C)ccc(Cl)c5s4)CC3)sc2c1. The highest BCUT2D eigenvalue weighted by atomic mass is 35.5. The number of fused-ring (bicyclic) bond motifs is 2. The molecule has 144 valence electrons. The second-order valence-electron chi connectivity index (χ2n) is 7.44. The molecule has 7 heteroatoms. The van der Waals surface area contributed by atoms with Gasteiger partial charge in [-0.15, -0.1) is 0 Å². The number of piperazine rings is 1. The quantitative estimate of drug-likeness (QED) is 0.403. The molecule has 0 spiro atoms. The Labute approximate surface area is 177 Å². The largest absolute Gasteiger partial charge is 0.345 e. The summed E-state index contributed by atoms with van der Waals surface area (Å²) < 4.78 is 2.38. The minimum absolute atomic E-state index is 0.795. The summed E-state index contributed by atoms with van der Waals surface area (Å²) >= 11 is 9.89. The number of anilines is 2. The normalized spacial score (nSPS) is 15.1. The van der Waals surface area contributed by atoms with Crippen LogP contribution in [-0.2, 0) is 0 Å². The number of benzene rings is 2. The molecular formula is C21H21ClN4S2. The van der Waals surface area contributed by atoms with Crippen molar-refractivity contribution >= 4 is 65.0 Å². The summed E-state index contributed by atoms with van der Waals surface area (Å²) in [5.74, 6) is 0. The lowest BCUT2D eigenvalue weighted by Gasteiger charge is -2.34. The third kappa shape index (κ3) is 3.04. The highest BCUT2D eigenvalue weighted by molar-refractivity contribution is 7.23. The summed E-state index contributed by atoms with van der Waals surface area (Å²) in [5.41, 5.74) is 5.92. The molecule has 0 radical (unpaired) electrons. The van der Waals surface area contributed by atoms with Crippen molar-refractivity contribution in [2.45, 2.75) is 20.8 Å². The van der Waals surface area contributed by atoms with Crippen LogP contribution in [0.5, 0.6) is 0 Å². The minimum atomic E-state index is 0.795. The molecule has 0 saturated carbocycles. The molecule has 4 aromatic rings. The van der Waals surface area contributed by atoms with Crippen LogP contribution in [0.1, 0.15) is 16.7 Å². The van der Waals surface area contributed by atoms with E-state index >= 15 is 0 Å². The number of hydrogen-bond donors (Lipinski definition) is 0. The lowest BCUT2D eigenvalue weighted by Crippen LogP contribution is -2.46. The minimum Gasteiger partial charge on any atom is -0.345 e. The smallest absolute Gasteiger partial charge is 0.186 e. The Morgan fingerprint density at radius 3 is 2.14 bits per heavy atom. The second kappa shape index (κ2) is 6.87. The van der Waals surface area contributed by atoms with E-state index in [2.05, 4.69) is 42.7 Å². The molecule has 1 saturated heterocycles. The van der Waals surface area contributed by atoms with Crippen molar-refractivity contribution in [1.82, 2.24) is 9.97 Å². The van der Waals surface area contributed by atoms with E-state index in [1.165, 1.54) is 21.4 Å². The summed E-state index contributed by atoms with van der Waals surface area (Å²) in [6.07, 6.45) is 0. The van der Waals surface area contributed by atoms with Crippen LogP contribution in [0.3, 0.4) is 0 Å². The van der Waals surface area contributed by atoms with Gasteiger partial charge >= 0.3 is 0 Å². The van der Waals surface area contributed by atoms with Crippen LogP contribution >= 0.6 is 34.3 Å². The van der Waals surface area contributed by atoms with Crippen molar-refractivity contribution in [3.05, 3.63) is 46.0 Å². The number of aryl methyl sites for hydroxylation is 3. The number of thiazole rings is 2. The van der Waals surface area contributed by atoms with Gasteiger partial charge in [-0.05, 0) is 49.6 Å². The van der Waals surface area contributed by atoms with Gasteiger partial charge in [0, 0.05) is 26.2 Å². The first kappa shape index (κ1) is 18.2. The molecule has 0 aliphatic carbocycles. The molecule has 1 fully saturated rings. The van der Waals surface area contributed by atoms with E-state index in [0.29, 0.717) is 0 Å². The van der Waals surface area contributed by atoms with Gasteiger partial charge in [-0.25, -0.2) is 9.97 Å². The first-order valence-electron chi connectivity index (χ1n) is 9.43. The summed E-state index contributed by atoms with van der Waals surface area (Å²) in [6.45, 7) is 10.2. The van der Waals surface area contributed by atoms with Gasteiger partial charge in [-0.2, -0.15) is 0 Å². The van der Waals surface area contributed by atoms with Gasteiger partial charge in [0.15, 0.2) is 10.3 Å². The van der Waals surface area contributed by atoms with Crippen LogP contribution < -0.4 is 9.80 Å². The number of hydrogen-bond acceptors (Lipinski definition) is 6. The molecule has 0 unspecified atom stereocenters. The van der Waals surface area contributed by atoms with Gasteiger partial charge in [0.2, 0.25) is 0 Å². The summed E-state index contributed by atoms with van der Waals surface area (Å²) in [5, 5.41) is 3.00. The molecule has 0 amide bonds. The molecule has 0 atom stereocenters. The van der Waals surface area contributed by atoms with Crippen LogP contribution in [0, 0.1) is 20.8 Å². The monoisotopic (exact) mass is 428 g/mol. The number of rotatable bonds is 2. The van der Waals surface area contributed by atoms with E-state index in [1.807, 2.05) is 12.1 Å². The molecule has 2 aromatic carbocycles. The number of aromatic nitrogens is 2. The number of nitrogens with zero attached hydrogens (tertiary/aromatic N) is 4. The lowest BCUT2D eigenvalue weighted by atomic mass is 10.1. The molecule has 1 aliphatic heterocycles. The van der Waals surface area contributed by atoms with E-state index in [9.17, 15) is 0 Å². The fourth-order valence-electron chi connectivity index (χ4n) is 3.81. The Hall–Kier alpha value is -1.89. The highest BCUT2D eigenvalue weighted by Crippen LogP contribution is 2.37. The highest BCUT2D eigenvalue weighted by Gasteiger charge is 2.23. The summed E-state index contributed by atoms with van der Waals surface area (Å²) in [7, 11) is 0. The second-order valence-corrected chi connectivity index (χ2v) is 9.83. The molecule has 2 aromatic heterocycles. The van der Waals surface area contributed by atoms with Crippen LogP contribution in [0.25, 0.3) is 20.4 Å². The predicted octanol–water partition coefficient (Wildman–Crippen LogP) is 5.81.